The Labute approximate surface area is 168 Å². The molecule has 0 fully saturated rings. The number of nitrogens with one attached hydrogen (secondary N) is 1. The Morgan fingerprint density at radius 1 is 1.14 bits per heavy atom. The summed E-state index contributed by atoms with van der Waals surface area (Å²) in [5.41, 5.74) is 5.05. The summed E-state index contributed by atoms with van der Waals surface area (Å²) in [5.74, 6) is -0.0295. The van der Waals surface area contributed by atoms with Gasteiger partial charge in [0, 0.05) is 19.5 Å². The second-order valence-electron chi connectivity index (χ2n) is 7.15. The van der Waals surface area contributed by atoms with Gasteiger partial charge in [0.15, 0.2) is 0 Å². The smallest absolute Gasteiger partial charge is 0.407 e. The Balaban J connectivity index is 1.35. The third kappa shape index (κ3) is 3.74. The number of fused-ring (bicyclic) bond motifs is 3. The van der Waals surface area contributed by atoms with Gasteiger partial charge in [-0.2, -0.15) is 0 Å². The summed E-state index contributed by atoms with van der Waals surface area (Å²) in [4.78, 5) is 16.1. The zero-order chi connectivity index (χ0) is 20.4. The number of hydrogen-bond acceptors (Lipinski definition) is 5. The summed E-state index contributed by atoms with van der Waals surface area (Å²) in [6.07, 6.45) is 0.0382. The summed E-state index contributed by atoms with van der Waals surface area (Å²) in [5, 5.41) is 22.8. The molecule has 1 aliphatic rings. The van der Waals surface area contributed by atoms with Crippen LogP contribution in [-0.4, -0.2) is 45.1 Å². The maximum absolute atomic E-state index is 12.2. The van der Waals surface area contributed by atoms with Crippen LogP contribution in [0.5, 0.6) is 0 Å². The Morgan fingerprint density at radius 2 is 1.76 bits per heavy atom. The molecule has 29 heavy (non-hydrogen) atoms. The van der Waals surface area contributed by atoms with Crippen molar-refractivity contribution in [3.8, 4) is 11.1 Å². The number of amides is 1. The number of carbonyl (C=O) groups is 1. The first kappa shape index (κ1) is 19.2. The van der Waals surface area contributed by atoms with E-state index in [2.05, 4.69) is 34.6 Å². The van der Waals surface area contributed by atoms with E-state index in [1.54, 1.807) is 11.6 Å². The standard InChI is InChI=1S/C22H23N3O4/c1-25-13-23-10-19(25)21(27)20(26)11-24-22(28)29-12-18-16-8-4-2-6-14(16)15-7-3-5-9-17(15)18/h2-10,13,18,20-21,26-27H,11-12H2,1H3,(H,24,28). The number of carbonyl (C=O) groups excluding carboxylic acids is 1. The van der Waals surface area contributed by atoms with E-state index < -0.39 is 18.3 Å². The van der Waals surface area contributed by atoms with E-state index in [1.807, 2.05) is 24.3 Å². The highest BCUT2D eigenvalue weighted by atomic mass is 16.5. The molecule has 1 aliphatic carbocycles. The highest BCUT2D eigenvalue weighted by Crippen LogP contribution is 2.44. The summed E-state index contributed by atoms with van der Waals surface area (Å²) < 4.78 is 7.04. The largest absolute Gasteiger partial charge is 0.449 e. The third-order valence-corrected chi connectivity index (χ3v) is 5.32. The lowest BCUT2D eigenvalue weighted by molar-refractivity contribution is 0.0145. The van der Waals surface area contributed by atoms with E-state index in [-0.39, 0.29) is 19.1 Å². The number of rotatable bonds is 6. The maximum Gasteiger partial charge on any atom is 0.407 e. The van der Waals surface area contributed by atoms with Crippen LogP contribution in [-0.2, 0) is 11.8 Å². The molecule has 150 valence electrons. The van der Waals surface area contributed by atoms with Crippen molar-refractivity contribution in [1.29, 1.82) is 0 Å². The minimum atomic E-state index is -1.18. The minimum Gasteiger partial charge on any atom is -0.449 e. The van der Waals surface area contributed by atoms with Gasteiger partial charge in [-0.15, -0.1) is 0 Å². The van der Waals surface area contributed by atoms with Crippen molar-refractivity contribution in [2.75, 3.05) is 13.2 Å². The van der Waals surface area contributed by atoms with E-state index in [0.29, 0.717) is 5.69 Å². The molecule has 3 N–H and O–H groups in total. The van der Waals surface area contributed by atoms with Crippen molar-refractivity contribution in [1.82, 2.24) is 14.9 Å². The van der Waals surface area contributed by atoms with Gasteiger partial charge in [0.25, 0.3) is 0 Å². The molecular weight excluding hydrogens is 370 g/mol. The Morgan fingerprint density at radius 3 is 2.34 bits per heavy atom. The number of hydrogen-bond donors (Lipinski definition) is 3. The third-order valence-electron chi connectivity index (χ3n) is 5.32. The van der Waals surface area contributed by atoms with E-state index >= 15 is 0 Å². The van der Waals surface area contributed by atoms with Crippen LogP contribution < -0.4 is 5.32 Å². The molecule has 1 amide bonds. The van der Waals surface area contributed by atoms with Crippen molar-refractivity contribution >= 4 is 6.09 Å². The first-order valence-electron chi connectivity index (χ1n) is 9.47. The van der Waals surface area contributed by atoms with Crippen LogP contribution in [0.1, 0.15) is 28.8 Å². The number of nitrogens with zero attached hydrogens (tertiary/aromatic N) is 2. The van der Waals surface area contributed by atoms with Crippen LogP contribution in [0.2, 0.25) is 0 Å². The van der Waals surface area contributed by atoms with Crippen LogP contribution in [0.3, 0.4) is 0 Å². The van der Waals surface area contributed by atoms with Gasteiger partial charge < -0.3 is 24.8 Å². The predicted octanol–water partition coefficient (Wildman–Crippen LogP) is 2.35. The quantitative estimate of drug-likeness (QED) is 0.597. The molecule has 7 nitrogen and oxygen atoms in total. The summed E-state index contributed by atoms with van der Waals surface area (Å²) in [6, 6.07) is 16.2. The van der Waals surface area contributed by atoms with Gasteiger partial charge >= 0.3 is 6.09 Å². The molecule has 0 saturated carbocycles. The van der Waals surface area contributed by atoms with Gasteiger partial charge in [0.2, 0.25) is 0 Å². The maximum atomic E-state index is 12.2. The summed E-state index contributed by atoms with van der Waals surface area (Å²) >= 11 is 0. The molecule has 0 aliphatic heterocycles. The SMILES string of the molecule is Cn1cncc1C(O)C(O)CNC(=O)OCC1c2ccccc2-c2ccccc21. The van der Waals surface area contributed by atoms with Crippen molar-refractivity contribution in [3.63, 3.8) is 0 Å². The van der Waals surface area contributed by atoms with E-state index in [4.69, 9.17) is 4.74 Å². The molecule has 2 unspecified atom stereocenters. The van der Waals surface area contributed by atoms with Crippen molar-refractivity contribution in [2.45, 2.75) is 18.1 Å². The van der Waals surface area contributed by atoms with Gasteiger partial charge in [0.05, 0.1) is 18.2 Å². The van der Waals surface area contributed by atoms with Crippen LogP contribution >= 0.6 is 0 Å². The van der Waals surface area contributed by atoms with Gasteiger partial charge in [-0.3, -0.25) is 0 Å². The van der Waals surface area contributed by atoms with Crippen molar-refractivity contribution in [2.24, 2.45) is 7.05 Å². The second-order valence-corrected chi connectivity index (χ2v) is 7.15. The number of ether oxygens (including phenoxy) is 1. The number of benzene rings is 2. The topological polar surface area (TPSA) is 96.6 Å². The molecule has 0 spiro atoms. The highest BCUT2D eigenvalue weighted by molar-refractivity contribution is 5.79. The normalized spacial score (nSPS) is 14.7. The summed E-state index contributed by atoms with van der Waals surface area (Å²) in [6.45, 7) is 0.0588. The molecule has 1 aromatic heterocycles. The fourth-order valence-corrected chi connectivity index (χ4v) is 3.80. The molecule has 0 radical (unpaired) electrons. The molecular formula is C22H23N3O4. The average molecular weight is 393 g/mol. The number of aryl methyl sites for hydroxylation is 1. The van der Waals surface area contributed by atoms with Crippen molar-refractivity contribution in [3.05, 3.63) is 77.9 Å². The Hall–Kier alpha value is -3.16. The average Bonchev–Trinajstić information content (AvgIpc) is 3.31. The van der Waals surface area contributed by atoms with E-state index in [0.717, 1.165) is 22.3 Å². The van der Waals surface area contributed by atoms with Gasteiger partial charge in [0.1, 0.15) is 18.8 Å². The number of alkyl carbamates (subject to hydrolysis) is 1. The lowest BCUT2D eigenvalue weighted by Crippen LogP contribution is -2.36. The number of aliphatic hydroxyl groups excluding tert-OH is 2. The van der Waals surface area contributed by atoms with Crippen molar-refractivity contribution < 1.29 is 19.7 Å². The Bertz CT molecular complexity index is 971. The fraction of sp³-hybridized carbons (Fsp3) is 0.273. The zero-order valence-corrected chi connectivity index (χ0v) is 16.0. The van der Waals surface area contributed by atoms with E-state index in [9.17, 15) is 15.0 Å². The molecule has 2 aromatic carbocycles. The first-order valence-corrected chi connectivity index (χ1v) is 9.47. The number of aromatic nitrogens is 2. The second kappa shape index (κ2) is 8.06. The molecule has 3 aromatic rings. The Kier molecular flexibility index (Phi) is 5.33. The number of aliphatic hydroxyl groups is 2. The summed E-state index contributed by atoms with van der Waals surface area (Å²) in [7, 11) is 1.72. The fourth-order valence-electron chi connectivity index (χ4n) is 3.80. The molecule has 1 heterocycles. The predicted molar refractivity (Wildman–Crippen MR) is 107 cm³/mol. The van der Waals surface area contributed by atoms with Crippen LogP contribution in [0.15, 0.2) is 61.1 Å². The first-order chi connectivity index (χ1) is 14.1. The zero-order valence-electron chi connectivity index (χ0n) is 16.0. The minimum absolute atomic E-state index is 0.0295. The lowest BCUT2D eigenvalue weighted by Gasteiger charge is -2.19. The van der Waals surface area contributed by atoms with Gasteiger partial charge in [-0.05, 0) is 22.3 Å². The van der Waals surface area contributed by atoms with Gasteiger partial charge in [-0.25, -0.2) is 9.78 Å². The van der Waals surface area contributed by atoms with E-state index in [1.165, 1.54) is 12.5 Å². The van der Waals surface area contributed by atoms with Crippen LogP contribution in [0, 0.1) is 0 Å². The molecule has 0 bridgehead atoms. The molecule has 7 heteroatoms. The molecule has 2 atom stereocenters. The highest BCUT2D eigenvalue weighted by Gasteiger charge is 2.29. The monoisotopic (exact) mass is 393 g/mol. The van der Waals surface area contributed by atoms with Gasteiger partial charge in [-0.1, -0.05) is 48.5 Å². The number of imidazole rings is 1. The van der Waals surface area contributed by atoms with Crippen LogP contribution in [0.25, 0.3) is 11.1 Å². The molecule has 0 saturated heterocycles. The lowest BCUT2D eigenvalue weighted by atomic mass is 9.98. The van der Waals surface area contributed by atoms with Crippen LogP contribution in [0.4, 0.5) is 4.79 Å². The molecule has 4 rings (SSSR count).